The van der Waals surface area contributed by atoms with E-state index in [1.165, 1.54) is 52.1 Å². The van der Waals surface area contributed by atoms with E-state index in [9.17, 15) is 9.90 Å². The van der Waals surface area contributed by atoms with E-state index in [1.54, 1.807) is 6.08 Å². The van der Waals surface area contributed by atoms with Crippen LogP contribution in [0.2, 0.25) is 0 Å². The number of hydrogen-bond acceptors (Lipinski definition) is 4. The SMILES string of the molecule is CCCCCCCCCC1OC1C(O)/C=C\CCCC(=O)OC. The lowest BCUT2D eigenvalue weighted by molar-refractivity contribution is -0.140. The molecule has 0 aromatic rings. The van der Waals surface area contributed by atoms with Gasteiger partial charge in [-0.2, -0.15) is 0 Å². The van der Waals surface area contributed by atoms with Gasteiger partial charge in [-0.25, -0.2) is 0 Å². The smallest absolute Gasteiger partial charge is 0.305 e. The van der Waals surface area contributed by atoms with E-state index < -0.39 is 6.10 Å². The number of methoxy groups -OCH3 is 1. The molecule has 1 N–H and O–H groups in total. The lowest BCUT2D eigenvalue weighted by Crippen LogP contribution is -2.13. The molecule has 0 saturated carbocycles. The Morgan fingerprint density at radius 2 is 1.87 bits per heavy atom. The van der Waals surface area contributed by atoms with Gasteiger partial charge >= 0.3 is 5.97 Å². The molecule has 3 unspecified atom stereocenters. The number of epoxide rings is 1. The first-order valence-corrected chi connectivity index (χ1v) is 9.26. The molecular formula is C19H34O4. The van der Waals surface area contributed by atoms with E-state index in [4.69, 9.17) is 4.74 Å². The molecule has 0 amide bonds. The predicted octanol–water partition coefficient (Wildman–Crippen LogP) is 4.15. The fraction of sp³-hybridized carbons (Fsp3) is 0.842. The maximum atomic E-state index is 11.0. The lowest BCUT2D eigenvalue weighted by atomic mass is 10.0. The summed E-state index contributed by atoms with van der Waals surface area (Å²) in [6.07, 6.45) is 15.6. The molecule has 4 nitrogen and oxygen atoms in total. The van der Waals surface area contributed by atoms with E-state index in [1.807, 2.05) is 6.08 Å². The highest BCUT2D eigenvalue weighted by Crippen LogP contribution is 2.31. The predicted molar refractivity (Wildman–Crippen MR) is 92.3 cm³/mol. The molecule has 134 valence electrons. The van der Waals surface area contributed by atoms with Gasteiger partial charge in [-0.05, 0) is 19.3 Å². The normalized spacial score (nSPS) is 21.5. The second-order valence-electron chi connectivity index (χ2n) is 6.44. The third-order valence-electron chi connectivity index (χ3n) is 4.36. The molecule has 1 rings (SSSR count). The fourth-order valence-electron chi connectivity index (χ4n) is 2.80. The lowest BCUT2D eigenvalue weighted by Gasteiger charge is -2.02. The number of esters is 1. The molecule has 1 aliphatic heterocycles. The summed E-state index contributed by atoms with van der Waals surface area (Å²) in [5, 5.41) is 10.0. The molecule has 4 heteroatoms. The second kappa shape index (κ2) is 12.5. The van der Waals surface area contributed by atoms with Crippen LogP contribution in [-0.2, 0) is 14.3 Å². The Labute approximate surface area is 141 Å². The summed E-state index contributed by atoms with van der Waals surface area (Å²) in [5.41, 5.74) is 0. The Balaban J connectivity index is 1.96. The molecular weight excluding hydrogens is 292 g/mol. The highest BCUT2D eigenvalue weighted by molar-refractivity contribution is 5.69. The van der Waals surface area contributed by atoms with E-state index in [2.05, 4.69) is 11.7 Å². The molecule has 0 aliphatic carbocycles. The third-order valence-corrected chi connectivity index (χ3v) is 4.36. The average molecular weight is 326 g/mol. The zero-order valence-electron chi connectivity index (χ0n) is 14.8. The summed E-state index contributed by atoms with van der Waals surface area (Å²) < 4.78 is 10.1. The molecule has 0 aromatic carbocycles. The first kappa shape index (κ1) is 20.2. The number of ether oxygens (including phenoxy) is 2. The van der Waals surface area contributed by atoms with Gasteiger partial charge in [0.1, 0.15) is 12.2 Å². The van der Waals surface area contributed by atoms with Crippen LogP contribution < -0.4 is 0 Å². The minimum atomic E-state index is -0.511. The van der Waals surface area contributed by atoms with Crippen molar-refractivity contribution >= 4 is 5.97 Å². The van der Waals surface area contributed by atoms with Crippen LogP contribution in [0.3, 0.4) is 0 Å². The summed E-state index contributed by atoms with van der Waals surface area (Å²) in [5.74, 6) is -0.181. The van der Waals surface area contributed by atoms with Gasteiger partial charge in [0.2, 0.25) is 0 Å². The van der Waals surface area contributed by atoms with Crippen molar-refractivity contribution < 1.29 is 19.4 Å². The number of aliphatic hydroxyl groups excluding tert-OH is 1. The zero-order chi connectivity index (χ0) is 16.9. The number of carbonyl (C=O) groups is 1. The number of unbranched alkanes of at least 4 members (excludes halogenated alkanes) is 7. The summed E-state index contributed by atoms with van der Waals surface area (Å²) in [4.78, 5) is 11.0. The summed E-state index contributed by atoms with van der Waals surface area (Å²) in [6.45, 7) is 2.24. The van der Waals surface area contributed by atoms with E-state index in [0.29, 0.717) is 6.42 Å². The fourth-order valence-corrected chi connectivity index (χ4v) is 2.80. The summed E-state index contributed by atoms with van der Waals surface area (Å²) in [7, 11) is 1.40. The molecule has 23 heavy (non-hydrogen) atoms. The maximum absolute atomic E-state index is 11.0. The van der Waals surface area contributed by atoms with Gasteiger partial charge in [0, 0.05) is 6.42 Å². The van der Waals surface area contributed by atoms with Crippen LogP contribution in [0.5, 0.6) is 0 Å². The summed E-state index contributed by atoms with van der Waals surface area (Å²) >= 11 is 0. The Bertz CT molecular complexity index is 340. The van der Waals surface area contributed by atoms with Crippen molar-refractivity contribution in [2.24, 2.45) is 0 Å². The van der Waals surface area contributed by atoms with Gasteiger partial charge < -0.3 is 14.6 Å². The number of hydrogen-bond donors (Lipinski definition) is 1. The van der Waals surface area contributed by atoms with Crippen LogP contribution in [0.25, 0.3) is 0 Å². The molecule has 0 bridgehead atoms. The molecule has 1 aliphatic rings. The Morgan fingerprint density at radius 1 is 1.17 bits per heavy atom. The van der Waals surface area contributed by atoms with E-state index in [0.717, 1.165) is 19.3 Å². The molecule has 1 fully saturated rings. The van der Waals surface area contributed by atoms with Gasteiger partial charge in [-0.15, -0.1) is 0 Å². The quantitative estimate of drug-likeness (QED) is 0.225. The number of aliphatic hydroxyl groups is 1. The molecule has 1 saturated heterocycles. The Hall–Kier alpha value is -0.870. The molecule has 0 aromatic heterocycles. The van der Waals surface area contributed by atoms with Crippen molar-refractivity contribution in [3.63, 3.8) is 0 Å². The Kier molecular flexibility index (Phi) is 11.0. The minimum Gasteiger partial charge on any atom is -0.469 e. The zero-order valence-corrected chi connectivity index (χ0v) is 14.8. The van der Waals surface area contributed by atoms with Crippen molar-refractivity contribution in [2.45, 2.75) is 95.9 Å². The van der Waals surface area contributed by atoms with Gasteiger partial charge in [0.25, 0.3) is 0 Å². The molecule has 0 radical (unpaired) electrons. The molecule has 3 atom stereocenters. The number of carbonyl (C=O) groups excluding carboxylic acids is 1. The second-order valence-corrected chi connectivity index (χ2v) is 6.44. The summed E-state index contributed by atoms with van der Waals surface area (Å²) in [6, 6.07) is 0. The van der Waals surface area contributed by atoms with Crippen LogP contribution in [-0.4, -0.2) is 36.5 Å². The van der Waals surface area contributed by atoms with Crippen LogP contribution in [0.4, 0.5) is 0 Å². The van der Waals surface area contributed by atoms with Gasteiger partial charge in [0.05, 0.1) is 13.2 Å². The van der Waals surface area contributed by atoms with E-state index in [-0.39, 0.29) is 18.2 Å². The number of rotatable bonds is 14. The van der Waals surface area contributed by atoms with Crippen molar-refractivity contribution in [3.8, 4) is 0 Å². The average Bonchev–Trinajstić information content (AvgIpc) is 3.33. The first-order valence-electron chi connectivity index (χ1n) is 9.26. The highest BCUT2D eigenvalue weighted by atomic mass is 16.6. The number of allylic oxidation sites excluding steroid dienone is 1. The molecule has 1 heterocycles. The largest absolute Gasteiger partial charge is 0.469 e. The van der Waals surface area contributed by atoms with Gasteiger partial charge in [-0.3, -0.25) is 4.79 Å². The standard InChI is InChI=1S/C19H34O4/c1-3-4-5-6-7-8-11-14-17-19(23-17)16(20)13-10-9-12-15-18(21)22-2/h10,13,16-17,19-20H,3-9,11-12,14-15H2,1-2H3/b13-10-. The topological polar surface area (TPSA) is 59.1 Å². The minimum absolute atomic E-state index is 0.0213. The maximum Gasteiger partial charge on any atom is 0.305 e. The Morgan fingerprint density at radius 3 is 2.57 bits per heavy atom. The van der Waals surface area contributed by atoms with E-state index >= 15 is 0 Å². The van der Waals surface area contributed by atoms with Gasteiger partial charge in [0.15, 0.2) is 0 Å². The van der Waals surface area contributed by atoms with Crippen LogP contribution in [0.1, 0.15) is 77.6 Å². The monoisotopic (exact) mass is 326 g/mol. The van der Waals surface area contributed by atoms with Crippen molar-refractivity contribution in [2.75, 3.05) is 7.11 Å². The van der Waals surface area contributed by atoms with Crippen molar-refractivity contribution in [3.05, 3.63) is 12.2 Å². The van der Waals surface area contributed by atoms with Crippen LogP contribution in [0.15, 0.2) is 12.2 Å². The van der Waals surface area contributed by atoms with Crippen molar-refractivity contribution in [1.82, 2.24) is 0 Å². The van der Waals surface area contributed by atoms with Crippen LogP contribution in [0, 0.1) is 0 Å². The van der Waals surface area contributed by atoms with Crippen LogP contribution >= 0.6 is 0 Å². The third kappa shape index (κ3) is 9.77. The van der Waals surface area contributed by atoms with Gasteiger partial charge in [-0.1, -0.05) is 64.0 Å². The van der Waals surface area contributed by atoms with Crippen molar-refractivity contribution in [1.29, 1.82) is 0 Å². The highest BCUT2D eigenvalue weighted by Gasteiger charge is 2.42. The molecule has 0 spiro atoms. The first-order chi connectivity index (χ1) is 11.2.